The molecule has 0 aromatic heterocycles. The second-order valence-electron chi connectivity index (χ2n) is 8.68. The van der Waals surface area contributed by atoms with Crippen LogP contribution in [0.15, 0.2) is 42.5 Å². The van der Waals surface area contributed by atoms with Crippen molar-refractivity contribution in [2.75, 3.05) is 31.6 Å². The van der Waals surface area contributed by atoms with Gasteiger partial charge in [-0.15, -0.1) is 0 Å². The minimum Gasteiger partial charge on any atom is -0.492 e. The van der Waals surface area contributed by atoms with E-state index in [1.54, 1.807) is 31.2 Å². The summed E-state index contributed by atoms with van der Waals surface area (Å²) >= 11 is 11.9. The summed E-state index contributed by atoms with van der Waals surface area (Å²) < 4.78 is 74.7. The van der Waals surface area contributed by atoms with Gasteiger partial charge in [0.1, 0.15) is 12.4 Å². The number of benzene rings is 2. The van der Waals surface area contributed by atoms with Crippen LogP contribution in [0.5, 0.6) is 5.75 Å². The van der Waals surface area contributed by atoms with Crippen molar-refractivity contribution in [3.8, 4) is 5.75 Å². The highest BCUT2D eigenvalue weighted by Gasteiger charge is 2.56. The molecule has 2 aromatic rings. The molecule has 14 heteroatoms. The molecular weight excluding hydrogens is 586 g/mol. The number of carboxylic acid groups (broad SMARTS) is 1. The van der Waals surface area contributed by atoms with Gasteiger partial charge in [0.25, 0.3) is 0 Å². The van der Waals surface area contributed by atoms with E-state index < -0.39 is 43.0 Å². The van der Waals surface area contributed by atoms with Crippen molar-refractivity contribution in [3.05, 3.63) is 58.1 Å². The van der Waals surface area contributed by atoms with Crippen LogP contribution in [0.2, 0.25) is 10.0 Å². The molecule has 0 radical (unpaired) electrons. The number of anilines is 1. The molecule has 2 N–H and O–H groups in total. The Morgan fingerprint density at radius 2 is 1.70 bits per heavy atom. The van der Waals surface area contributed by atoms with Crippen LogP contribution in [0.1, 0.15) is 31.7 Å². The highest BCUT2D eigenvalue weighted by molar-refractivity contribution is 6.36. The number of urea groups is 1. The Hall–Kier alpha value is -2.83. The molecule has 0 saturated heterocycles. The van der Waals surface area contributed by atoms with Crippen LogP contribution in [-0.4, -0.2) is 66.5 Å². The molecule has 0 aliphatic carbocycles. The summed E-state index contributed by atoms with van der Waals surface area (Å²) in [4.78, 5) is 25.4. The number of hydrogen-bond acceptors (Lipinski definition) is 4. The summed E-state index contributed by atoms with van der Waals surface area (Å²) in [5.41, 5.74) is 0.928. The van der Waals surface area contributed by atoms with Gasteiger partial charge in [-0.05, 0) is 55.7 Å². The van der Waals surface area contributed by atoms with E-state index in [4.69, 9.17) is 32.7 Å². The molecule has 0 saturated carbocycles. The smallest absolute Gasteiger partial charge is 0.453 e. The average Bonchev–Trinajstić information content (AvgIpc) is 2.87. The quantitative estimate of drug-likeness (QED) is 0.162. The zero-order valence-electron chi connectivity index (χ0n) is 21.4. The number of amides is 2. The number of carbonyl (C=O) groups is 2. The number of nitrogens with one attached hydrogen (secondary N) is 1. The molecule has 2 aromatic carbocycles. The minimum absolute atomic E-state index is 0.0279. The van der Waals surface area contributed by atoms with Crippen molar-refractivity contribution in [2.24, 2.45) is 0 Å². The Morgan fingerprint density at radius 1 is 1.02 bits per heavy atom. The number of unbranched alkanes of at least 4 members (excludes halogenated alkanes) is 1. The number of carboxylic acids is 1. The molecule has 0 aliphatic rings. The average molecular weight is 615 g/mol. The van der Waals surface area contributed by atoms with Crippen molar-refractivity contribution >= 4 is 40.9 Å². The van der Waals surface area contributed by atoms with E-state index in [1.807, 2.05) is 0 Å². The van der Waals surface area contributed by atoms with Crippen LogP contribution in [-0.2, 0) is 16.0 Å². The first-order chi connectivity index (χ1) is 18.7. The summed E-state index contributed by atoms with van der Waals surface area (Å²) in [6, 6.07) is 10.2. The standard InChI is InChI=1S/C26H29Cl2F5N2O5/c1-2-39-22(23(36)37)15-17-5-8-19(9-6-17)40-14-13-35(12-4-3-11-25(29,30)26(31,32)33)24(38)34-21-10-7-18(27)16-20(21)28/h5-10,16,22H,2-4,11-15H2,1H3,(H,34,38)(H,36,37). The van der Waals surface area contributed by atoms with Gasteiger partial charge in [-0.25, -0.2) is 9.59 Å². The number of rotatable bonds is 15. The van der Waals surface area contributed by atoms with E-state index in [0.29, 0.717) is 16.3 Å². The van der Waals surface area contributed by atoms with Gasteiger partial charge < -0.3 is 24.8 Å². The normalized spacial score (nSPS) is 12.6. The van der Waals surface area contributed by atoms with Gasteiger partial charge in [0.15, 0.2) is 6.10 Å². The highest BCUT2D eigenvalue weighted by atomic mass is 35.5. The van der Waals surface area contributed by atoms with E-state index in [0.717, 1.165) is 0 Å². The maximum Gasteiger partial charge on any atom is 0.453 e. The van der Waals surface area contributed by atoms with Crippen molar-refractivity contribution in [3.63, 3.8) is 0 Å². The van der Waals surface area contributed by atoms with Gasteiger partial charge in [0.05, 0.1) is 17.3 Å². The number of alkyl halides is 5. The van der Waals surface area contributed by atoms with Gasteiger partial charge in [-0.1, -0.05) is 35.3 Å². The van der Waals surface area contributed by atoms with Crippen LogP contribution < -0.4 is 10.1 Å². The molecule has 0 heterocycles. The van der Waals surface area contributed by atoms with E-state index in [9.17, 15) is 36.6 Å². The van der Waals surface area contributed by atoms with Crippen LogP contribution in [0, 0.1) is 0 Å². The number of hydrogen-bond donors (Lipinski definition) is 2. The molecule has 7 nitrogen and oxygen atoms in total. The fraction of sp³-hybridized carbons (Fsp3) is 0.462. The third-order valence-corrected chi connectivity index (χ3v) is 6.21. The molecule has 222 valence electrons. The van der Waals surface area contributed by atoms with Gasteiger partial charge in [-0.2, -0.15) is 22.0 Å². The Bertz CT molecular complexity index is 1120. The van der Waals surface area contributed by atoms with Gasteiger partial charge in [0.2, 0.25) is 0 Å². The number of carbonyl (C=O) groups excluding carboxylic acids is 1. The maximum absolute atomic E-state index is 13.2. The largest absolute Gasteiger partial charge is 0.492 e. The predicted octanol–water partition coefficient (Wildman–Crippen LogP) is 7.31. The first kappa shape index (κ1) is 33.4. The molecule has 0 aliphatic heterocycles. The Kier molecular flexibility index (Phi) is 12.7. The third-order valence-electron chi connectivity index (χ3n) is 5.66. The first-order valence-electron chi connectivity index (χ1n) is 12.2. The summed E-state index contributed by atoms with van der Waals surface area (Å²) in [6.45, 7) is 1.76. The molecule has 0 fully saturated rings. The first-order valence-corrected chi connectivity index (χ1v) is 13.0. The number of aliphatic carboxylic acids is 1. The molecule has 0 bridgehead atoms. The fourth-order valence-corrected chi connectivity index (χ4v) is 3.98. The number of nitrogens with zero attached hydrogens (tertiary/aromatic N) is 1. The molecule has 0 spiro atoms. The van der Waals surface area contributed by atoms with Crippen molar-refractivity contribution in [2.45, 2.75) is 50.8 Å². The Morgan fingerprint density at radius 3 is 2.27 bits per heavy atom. The van der Waals surface area contributed by atoms with Gasteiger partial charge in [-0.3, -0.25) is 0 Å². The van der Waals surface area contributed by atoms with E-state index in [-0.39, 0.29) is 49.9 Å². The van der Waals surface area contributed by atoms with Crippen molar-refractivity contribution in [1.29, 1.82) is 0 Å². The Labute approximate surface area is 238 Å². The lowest BCUT2D eigenvalue weighted by molar-refractivity contribution is -0.284. The summed E-state index contributed by atoms with van der Waals surface area (Å²) in [7, 11) is 0. The van der Waals surface area contributed by atoms with E-state index in [2.05, 4.69) is 5.32 Å². The lowest BCUT2D eigenvalue weighted by atomic mass is 10.1. The lowest BCUT2D eigenvalue weighted by Gasteiger charge is -2.24. The van der Waals surface area contributed by atoms with Gasteiger partial charge >= 0.3 is 24.1 Å². The molecule has 2 rings (SSSR count). The molecule has 40 heavy (non-hydrogen) atoms. The second-order valence-corrected chi connectivity index (χ2v) is 9.52. The monoisotopic (exact) mass is 614 g/mol. The summed E-state index contributed by atoms with van der Waals surface area (Å²) in [6.07, 6.45) is -8.47. The molecule has 1 atom stereocenters. The zero-order chi connectivity index (χ0) is 29.9. The number of ether oxygens (including phenoxy) is 2. The molecule has 1 unspecified atom stereocenters. The van der Waals surface area contributed by atoms with E-state index >= 15 is 0 Å². The molecular formula is C26H29Cl2F5N2O5. The van der Waals surface area contributed by atoms with Crippen LogP contribution in [0.4, 0.5) is 32.4 Å². The SMILES string of the molecule is CCOC(Cc1ccc(OCCN(CCCCC(F)(F)C(F)(F)F)C(=O)Nc2ccc(Cl)cc2Cl)cc1)C(=O)O. The third kappa shape index (κ3) is 10.6. The predicted molar refractivity (Wildman–Crippen MR) is 141 cm³/mol. The van der Waals surface area contributed by atoms with Crippen LogP contribution in [0.25, 0.3) is 0 Å². The molecule has 2 amide bonds. The second kappa shape index (κ2) is 15.2. The number of halogens is 7. The topological polar surface area (TPSA) is 88.1 Å². The fourth-order valence-electron chi connectivity index (χ4n) is 3.52. The zero-order valence-corrected chi connectivity index (χ0v) is 23.0. The van der Waals surface area contributed by atoms with E-state index in [1.165, 1.54) is 23.1 Å². The van der Waals surface area contributed by atoms with Crippen LogP contribution in [0.3, 0.4) is 0 Å². The summed E-state index contributed by atoms with van der Waals surface area (Å²) in [5.74, 6) is -5.49. The highest BCUT2D eigenvalue weighted by Crippen LogP contribution is 2.39. The van der Waals surface area contributed by atoms with Gasteiger partial charge in [0, 0.05) is 31.0 Å². The maximum atomic E-state index is 13.2. The van der Waals surface area contributed by atoms with Crippen molar-refractivity contribution < 1.29 is 46.1 Å². The van der Waals surface area contributed by atoms with Crippen molar-refractivity contribution in [1.82, 2.24) is 4.90 Å². The minimum atomic E-state index is -5.64. The lowest BCUT2D eigenvalue weighted by Crippen LogP contribution is -2.39. The van der Waals surface area contributed by atoms with Crippen LogP contribution >= 0.6 is 23.2 Å². The Balaban J connectivity index is 1.99. The summed E-state index contributed by atoms with van der Waals surface area (Å²) in [5, 5.41) is 12.3.